The van der Waals surface area contributed by atoms with Crippen LogP contribution < -0.4 is 0 Å². The highest BCUT2D eigenvalue weighted by atomic mass is 32.1. The van der Waals surface area contributed by atoms with Crippen molar-refractivity contribution < 1.29 is 9.21 Å². The van der Waals surface area contributed by atoms with Crippen LogP contribution >= 0.6 is 11.3 Å². The molecule has 1 atom stereocenters. The van der Waals surface area contributed by atoms with Gasteiger partial charge in [-0.15, -0.1) is 11.3 Å². The molecule has 3 rings (SSSR count). The molecule has 0 bridgehead atoms. The molecular weight excluding hydrogens is 284 g/mol. The van der Waals surface area contributed by atoms with Gasteiger partial charge in [0.2, 0.25) is 0 Å². The highest BCUT2D eigenvalue weighted by Crippen LogP contribution is 2.25. The van der Waals surface area contributed by atoms with Gasteiger partial charge in [0.05, 0.1) is 6.04 Å². The quantitative estimate of drug-likeness (QED) is 0.733. The SMILES string of the molecule is Cc1ccc2oc(C(=O)N(C)C(C)c3nccs3)cc2c1. The number of carbonyl (C=O) groups is 1. The van der Waals surface area contributed by atoms with Crippen LogP contribution in [-0.4, -0.2) is 22.8 Å². The van der Waals surface area contributed by atoms with Crippen LogP contribution in [0.2, 0.25) is 0 Å². The second-order valence-electron chi connectivity index (χ2n) is 5.11. The van der Waals surface area contributed by atoms with Crippen molar-refractivity contribution in [2.24, 2.45) is 0 Å². The summed E-state index contributed by atoms with van der Waals surface area (Å²) in [7, 11) is 1.77. The lowest BCUT2D eigenvalue weighted by molar-refractivity contribution is 0.0712. The molecule has 0 N–H and O–H groups in total. The van der Waals surface area contributed by atoms with E-state index >= 15 is 0 Å². The molecule has 2 aromatic heterocycles. The second-order valence-corrected chi connectivity index (χ2v) is 6.04. The molecular formula is C16H16N2O2S. The minimum atomic E-state index is -0.133. The Morgan fingerprint density at radius 2 is 2.19 bits per heavy atom. The van der Waals surface area contributed by atoms with Gasteiger partial charge in [0.25, 0.3) is 5.91 Å². The number of hydrogen-bond donors (Lipinski definition) is 0. The van der Waals surface area contributed by atoms with Crippen LogP contribution in [0.1, 0.15) is 34.1 Å². The lowest BCUT2D eigenvalue weighted by Gasteiger charge is -2.21. The zero-order valence-corrected chi connectivity index (χ0v) is 13.0. The van der Waals surface area contributed by atoms with E-state index < -0.39 is 0 Å². The molecule has 1 amide bonds. The lowest BCUT2D eigenvalue weighted by Crippen LogP contribution is -2.29. The number of thiazole rings is 1. The molecule has 0 aliphatic rings. The number of aromatic nitrogens is 1. The van der Waals surface area contributed by atoms with Gasteiger partial charge in [-0.3, -0.25) is 4.79 Å². The molecule has 0 fully saturated rings. The topological polar surface area (TPSA) is 46.3 Å². The van der Waals surface area contributed by atoms with E-state index in [0.717, 1.165) is 21.5 Å². The zero-order chi connectivity index (χ0) is 15.0. The number of rotatable bonds is 3. The van der Waals surface area contributed by atoms with Crippen molar-refractivity contribution in [3.05, 3.63) is 52.2 Å². The van der Waals surface area contributed by atoms with Crippen LogP contribution in [0.3, 0.4) is 0 Å². The fraction of sp³-hybridized carbons (Fsp3) is 0.250. The predicted octanol–water partition coefficient (Wildman–Crippen LogP) is 4.03. The molecule has 0 spiro atoms. The molecule has 108 valence electrons. The zero-order valence-electron chi connectivity index (χ0n) is 12.2. The second kappa shape index (κ2) is 5.33. The number of furan rings is 1. The molecule has 0 aliphatic heterocycles. The Kier molecular flexibility index (Phi) is 3.51. The molecule has 2 heterocycles. The van der Waals surface area contributed by atoms with E-state index in [1.54, 1.807) is 35.5 Å². The summed E-state index contributed by atoms with van der Waals surface area (Å²) in [5.41, 5.74) is 1.88. The van der Waals surface area contributed by atoms with Gasteiger partial charge in [0.15, 0.2) is 5.76 Å². The maximum Gasteiger partial charge on any atom is 0.289 e. The van der Waals surface area contributed by atoms with Crippen LogP contribution in [0.5, 0.6) is 0 Å². The first-order chi connectivity index (χ1) is 10.1. The molecule has 0 aliphatic carbocycles. The molecule has 0 saturated carbocycles. The normalized spacial score (nSPS) is 12.5. The van der Waals surface area contributed by atoms with Gasteiger partial charge in [-0.2, -0.15) is 0 Å². The number of aryl methyl sites for hydroxylation is 1. The number of nitrogens with zero attached hydrogens (tertiary/aromatic N) is 2. The van der Waals surface area contributed by atoms with E-state index in [4.69, 9.17) is 4.42 Å². The smallest absolute Gasteiger partial charge is 0.289 e. The number of fused-ring (bicyclic) bond motifs is 1. The third kappa shape index (κ3) is 2.56. The van der Waals surface area contributed by atoms with Crippen molar-refractivity contribution in [3.63, 3.8) is 0 Å². The average Bonchev–Trinajstić information content (AvgIpc) is 3.13. The van der Waals surface area contributed by atoms with Gasteiger partial charge >= 0.3 is 0 Å². The molecule has 0 saturated heterocycles. The molecule has 1 aromatic carbocycles. The Labute approximate surface area is 127 Å². The summed E-state index contributed by atoms with van der Waals surface area (Å²) < 4.78 is 5.67. The molecule has 5 heteroatoms. The van der Waals surface area contributed by atoms with Crippen molar-refractivity contribution in [2.45, 2.75) is 19.9 Å². The van der Waals surface area contributed by atoms with Crippen LogP contribution in [0.15, 0.2) is 40.3 Å². The lowest BCUT2D eigenvalue weighted by atomic mass is 10.2. The first-order valence-corrected chi connectivity index (χ1v) is 7.61. The van der Waals surface area contributed by atoms with Crippen LogP contribution in [-0.2, 0) is 0 Å². The Balaban J connectivity index is 1.89. The highest BCUT2D eigenvalue weighted by Gasteiger charge is 2.23. The third-order valence-electron chi connectivity index (χ3n) is 3.59. The Morgan fingerprint density at radius 3 is 2.90 bits per heavy atom. The van der Waals surface area contributed by atoms with Gasteiger partial charge in [-0.25, -0.2) is 4.98 Å². The molecule has 0 radical (unpaired) electrons. The van der Waals surface area contributed by atoms with Gasteiger partial charge < -0.3 is 9.32 Å². The van der Waals surface area contributed by atoms with E-state index in [1.165, 1.54) is 0 Å². The van der Waals surface area contributed by atoms with Crippen molar-refractivity contribution in [2.75, 3.05) is 7.05 Å². The van der Waals surface area contributed by atoms with Gasteiger partial charge in [-0.1, -0.05) is 11.6 Å². The average molecular weight is 300 g/mol. The van der Waals surface area contributed by atoms with Crippen LogP contribution in [0, 0.1) is 6.92 Å². The van der Waals surface area contributed by atoms with Gasteiger partial charge in [0, 0.05) is 24.0 Å². The summed E-state index contributed by atoms with van der Waals surface area (Å²) in [4.78, 5) is 18.5. The Hall–Kier alpha value is -2.14. The molecule has 3 aromatic rings. The van der Waals surface area contributed by atoms with Crippen molar-refractivity contribution in [3.8, 4) is 0 Å². The predicted molar refractivity (Wildman–Crippen MR) is 83.6 cm³/mol. The van der Waals surface area contributed by atoms with Crippen molar-refractivity contribution in [1.29, 1.82) is 0 Å². The minimum absolute atomic E-state index is 0.0764. The molecule has 1 unspecified atom stereocenters. The summed E-state index contributed by atoms with van der Waals surface area (Å²) in [6.45, 7) is 3.98. The van der Waals surface area contributed by atoms with E-state index in [0.29, 0.717) is 5.76 Å². The maximum absolute atomic E-state index is 12.5. The maximum atomic E-state index is 12.5. The summed E-state index contributed by atoms with van der Waals surface area (Å²) in [6, 6.07) is 7.61. The fourth-order valence-corrected chi connectivity index (χ4v) is 2.96. The largest absolute Gasteiger partial charge is 0.451 e. The van der Waals surface area contributed by atoms with E-state index in [1.807, 2.05) is 37.4 Å². The van der Waals surface area contributed by atoms with Crippen molar-refractivity contribution >= 4 is 28.2 Å². The van der Waals surface area contributed by atoms with Crippen LogP contribution in [0.4, 0.5) is 0 Å². The summed E-state index contributed by atoms with van der Waals surface area (Å²) in [5, 5.41) is 3.78. The summed E-state index contributed by atoms with van der Waals surface area (Å²) in [5.74, 6) is 0.230. The molecule has 21 heavy (non-hydrogen) atoms. The van der Waals surface area contributed by atoms with E-state index in [-0.39, 0.29) is 11.9 Å². The Bertz CT molecular complexity index is 777. The molecule has 4 nitrogen and oxygen atoms in total. The standard InChI is InChI=1S/C16H16N2O2S/c1-10-4-5-13-12(8-10)9-14(20-13)16(19)18(3)11(2)15-17-6-7-21-15/h4-9,11H,1-3H3. The van der Waals surface area contributed by atoms with E-state index in [2.05, 4.69) is 4.98 Å². The first kappa shape index (κ1) is 13.8. The number of hydrogen-bond acceptors (Lipinski definition) is 4. The minimum Gasteiger partial charge on any atom is -0.451 e. The number of carbonyl (C=O) groups excluding carboxylic acids is 1. The number of benzene rings is 1. The van der Waals surface area contributed by atoms with Gasteiger partial charge in [0.1, 0.15) is 10.6 Å². The number of amides is 1. The first-order valence-electron chi connectivity index (χ1n) is 6.73. The van der Waals surface area contributed by atoms with Crippen molar-refractivity contribution in [1.82, 2.24) is 9.88 Å². The summed E-state index contributed by atoms with van der Waals surface area (Å²) >= 11 is 1.54. The summed E-state index contributed by atoms with van der Waals surface area (Å²) in [6.07, 6.45) is 1.75. The van der Waals surface area contributed by atoms with Gasteiger partial charge in [-0.05, 0) is 32.0 Å². The highest BCUT2D eigenvalue weighted by molar-refractivity contribution is 7.09. The fourth-order valence-electron chi connectivity index (χ4n) is 2.22. The van der Waals surface area contributed by atoms with E-state index in [9.17, 15) is 4.79 Å². The van der Waals surface area contributed by atoms with Crippen LogP contribution in [0.25, 0.3) is 11.0 Å². The third-order valence-corrected chi connectivity index (χ3v) is 4.54. The Morgan fingerprint density at radius 1 is 1.38 bits per heavy atom. The monoisotopic (exact) mass is 300 g/mol.